The molecule has 0 aromatic carbocycles. The van der Waals surface area contributed by atoms with Gasteiger partial charge in [-0.2, -0.15) is 0 Å². The first kappa shape index (κ1) is 13.9. The average Bonchev–Trinajstić information content (AvgIpc) is 2.03. The van der Waals surface area contributed by atoms with E-state index in [0.717, 1.165) is 19.4 Å². The van der Waals surface area contributed by atoms with E-state index in [2.05, 4.69) is 34.6 Å². The van der Waals surface area contributed by atoms with Gasteiger partial charge in [-0.25, -0.2) is 0 Å². The summed E-state index contributed by atoms with van der Waals surface area (Å²) in [5, 5.41) is 9.17. The van der Waals surface area contributed by atoms with Gasteiger partial charge in [0, 0.05) is 13.2 Å². The first-order valence-corrected chi connectivity index (χ1v) is 5.58. The van der Waals surface area contributed by atoms with Crippen LogP contribution in [0, 0.1) is 5.41 Å². The summed E-state index contributed by atoms with van der Waals surface area (Å²) in [6.45, 7) is 11.5. The SMILES string of the molecule is CCCCOC(C)(C)CC(C)(C)CO. The maximum atomic E-state index is 9.17. The van der Waals surface area contributed by atoms with Gasteiger partial charge in [0.1, 0.15) is 0 Å². The molecular weight excluding hydrogens is 176 g/mol. The summed E-state index contributed by atoms with van der Waals surface area (Å²) in [5.41, 5.74) is -0.170. The predicted molar refractivity (Wildman–Crippen MR) is 60.4 cm³/mol. The lowest BCUT2D eigenvalue weighted by atomic mass is 9.82. The van der Waals surface area contributed by atoms with Crippen LogP contribution < -0.4 is 0 Å². The number of hydrogen-bond donors (Lipinski definition) is 1. The van der Waals surface area contributed by atoms with Gasteiger partial charge in [0.15, 0.2) is 0 Å². The van der Waals surface area contributed by atoms with Crippen molar-refractivity contribution in [1.82, 2.24) is 0 Å². The van der Waals surface area contributed by atoms with Gasteiger partial charge < -0.3 is 9.84 Å². The molecule has 2 heteroatoms. The highest BCUT2D eigenvalue weighted by Gasteiger charge is 2.28. The standard InChI is InChI=1S/C12H26O2/c1-6-7-8-14-12(4,5)9-11(2,3)10-13/h13H,6-10H2,1-5H3. The Morgan fingerprint density at radius 1 is 1.14 bits per heavy atom. The highest BCUT2D eigenvalue weighted by Crippen LogP contribution is 2.29. The molecule has 0 rings (SSSR count). The van der Waals surface area contributed by atoms with E-state index < -0.39 is 0 Å². The molecule has 0 spiro atoms. The lowest BCUT2D eigenvalue weighted by Gasteiger charge is -2.33. The topological polar surface area (TPSA) is 29.5 Å². The first-order valence-electron chi connectivity index (χ1n) is 5.58. The molecule has 0 aromatic heterocycles. The van der Waals surface area contributed by atoms with Gasteiger partial charge >= 0.3 is 0 Å². The van der Waals surface area contributed by atoms with Gasteiger partial charge in [0.05, 0.1) is 5.60 Å². The van der Waals surface area contributed by atoms with Crippen molar-refractivity contribution >= 4 is 0 Å². The molecule has 0 aliphatic heterocycles. The Labute approximate surface area is 88.7 Å². The highest BCUT2D eigenvalue weighted by atomic mass is 16.5. The molecular formula is C12H26O2. The second kappa shape index (κ2) is 5.72. The quantitative estimate of drug-likeness (QED) is 0.643. The third kappa shape index (κ3) is 6.39. The van der Waals surface area contributed by atoms with E-state index in [9.17, 15) is 5.11 Å². The fourth-order valence-electron chi connectivity index (χ4n) is 1.75. The van der Waals surface area contributed by atoms with E-state index in [4.69, 9.17) is 4.74 Å². The van der Waals surface area contributed by atoms with Gasteiger partial charge in [0.2, 0.25) is 0 Å². The second-order valence-electron chi connectivity index (χ2n) is 5.46. The smallest absolute Gasteiger partial charge is 0.0632 e. The van der Waals surface area contributed by atoms with Crippen molar-refractivity contribution in [2.45, 2.75) is 59.5 Å². The van der Waals surface area contributed by atoms with E-state index in [1.165, 1.54) is 6.42 Å². The summed E-state index contributed by atoms with van der Waals surface area (Å²) >= 11 is 0. The molecule has 0 aliphatic rings. The highest BCUT2D eigenvalue weighted by molar-refractivity contribution is 4.79. The Kier molecular flexibility index (Phi) is 5.68. The van der Waals surface area contributed by atoms with Crippen molar-refractivity contribution in [3.05, 3.63) is 0 Å². The zero-order valence-electron chi connectivity index (χ0n) is 10.4. The summed E-state index contributed by atoms with van der Waals surface area (Å²) in [5.74, 6) is 0. The number of hydrogen-bond acceptors (Lipinski definition) is 2. The Morgan fingerprint density at radius 2 is 1.71 bits per heavy atom. The molecule has 0 saturated heterocycles. The van der Waals surface area contributed by atoms with Gasteiger partial charge in [-0.15, -0.1) is 0 Å². The Bertz CT molecular complexity index is 150. The molecule has 0 heterocycles. The van der Waals surface area contributed by atoms with Crippen molar-refractivity contribution in [3.8, 4) is 0 Å². The van der Waals surface area contributed by atoms with Crippen LogP contribution in [0.2, 0.25) is 0 Å². The minimum Gasteiger partial charge on any atom is -0.396 e. The number of unbranched alkanes of at least 4 members (excludes halogenated alkanes) is 1. The van der Waals surface area contributed by atoms with Crippen LogP contribution in [0.1, 0.15) is 53.9 Å². The van der Waals surface area contributed by atoms with Crippen LogP contribution >= 0.6 is 0 Å². The molecule has 0 unspecified atom stereocenters. The van der Waals surface area contributed by atoms with Crippen LogP contribution in [-0.4, -0.2) is 23.9 Å². The van der Waals surface area contributed by atoms with Gasteiger partial charge in [-0.3, -0.25) is 0 Å². The molecule has 2 nitrogen and oxygen atoms in total. The van der Waals surface area contributed by atoms with E-state index in [-0.39, 0.29) is 17.6 Å². The predicted octanol–water partition coefficient (Wildman–Crippen LogP) is 2.99. The molecule has 0 aliphatic carbocycles. The third-order valence-electron chi connectivity index (χ3n) is 2.32. The number of rotatable bonds is 7. The van der Waals surface area contributed by atoms with Crippen LogP contribution in [-0.2, 0) is 4.74 Å². The number of ether oxygens (including phenoxy) is 1. The van der Waals surface area contributed by atoms with Crippen molar-refractivity contribution in [3.63, 3.8) is 0 Å². The molecule has 0 bridgehead atoms. The van der Waals surface area contributed by atoms with Crippen LogP contribution in [0.3, 0.4) is 0 Å². The van der Waals surface area contributed by atoms with E-state index in [1.54, 1.807) is 0 Å². The molecule has 0 radical (unpaired) electrons. The lowest BCUT2D eigenvalue weighted by molar-refractivity contribution is -0.0551. The number of aliphatic hydroxyl groups excluding tert-OH is 1. The fourth-order valence-corrected chi connectivity index (χ4v) is 1.75. The molecule has 0 fully saturated rings. The molecule has 0 aromatic rings. The van der Waals surface area contributed by atoms with Crippen molar-refractivity contribution in [2.24, 2.45) is 5.41 Å². The Balaban J connectivity index is 3.93. The molecule has 14 heavy (non-hydrogen) atoms. The van der Waals surface area contributed by atoms with E-state index in [0.29, 0.717) is 0 Å². The largest absolute Gasteiger partial charge is 0.396 e. The third-order valence-corrected chi connectivity index (χ3v) is 2.32. The minimum absolute atomic E-state index is 0.0459. The Morgan fingerprint density at radius 3 is 2.14 bits per heavy atom. The lowest BCUT2D eigenvalue weighted by Crippen LogP contribution is -2.33. The zero-order valence-corrected chi connectivity index (χ0v) is 10.4. The normalized spacial score (nSPS) is 13.3. The maximum Gasteiger partial charge on any atom is 0.0632 e. The summed E-state index contributed by atoms with van der Waals surface area (Å²) in [4.78, 5) is 0. The summed E-state index contributed by atoms with van der Waals surface area (Å²) in [6.07, 6.45) is 3.17. The van der Waals surface area contributed by atoms with Crippen molar-refractivity contribution < 1.29 is 9.84 Å². The summed E-state index contributed by atoms with van der Waals surface area (Å²) in [6, 6.07) is 0. The van der Waals surface area contributed by atoms with Crippen LogP contribution in [0.15, 0.2) is 0 Å². The Hall–Kier alpha value is -0.0800. The average molecular weight is 202 g/mol. The second-order valence-corrected chi connectivity index (χ2v) is 5.46. The molecule has 86 valence electrons. The van der Waals surface area contributed by atoms with Crippen molar-refractivity contribution in [2.75, 3.05) is 13.2 Å². The maximum absolute atomic E-state index is 9.17. The van der Waals surface area contributed by atoms with Crippen LogP contribution in [0.4, 0.5) is 0 Å². The van der Waals surface area contributed by atoms with Crippen LogP contribution in [0.25, 0.3) is 0 Å². The summed E-state index contributed by atoms with van der Waals surface area (Å²) in [7, 11) is 0. The first-order chi connectivity index (χ1) is 6.33. The van der Waals surface area contributed by atoms with Gasteiger partial charge in [-0.1, -0.05) is 27.2 Å². The van der Waals surface area contributed by atoms with Crippen molar-refractivity contribution in [1.29, 1.82) is 0 Å². The van der Waals surface area contributed by atoms with E-state index >= 15 is 0 Å². The molecule has 0 amide bonds. The van der Waals surface area contributed by atoms with Gasteiger partial charge in [-0.05, 0) is 32.1 Å². The van der Waals surface area contributed by atoms with Gasteiger partial charge in [0.25, 0.3) is 0 Å². The van der Waals surface area contributed by atoms with E-state index in [1.807, 2.05) is 0 Å². The number of aliphatic hydroxyl groups is 1. The fraction of sp³-hybridized carbons (Fsp3) is 1.00. The molecule has 1 N–H and O–H groups in total. The minimum atomic E-state index is -0.124. The van der Waals surface area contributed by atoms with Crippen LogP contribution in [0.5, 0.6) is 0 Å². The zero-order chi connectivity index (χ0) is 11.2. The molecule has 0 saturated carbocycles. The monoisotopic (exact) mass is 202 g/mol. The summed E-state index contributed by atoms with van der Waals surface area (Å²) < 4.78 is 5.80. The molecule has 0 atom stereocenters.